The molecule has 0 unspecified atom stereocenters. The molecule has 1 aliphatic rings. The second-order valence-corrected chi connectivity index (χ2v) is 6.51. The minimum absolute atomic E-state index is 0.219. The quantitative estimate of drug-likeness (QED) is 0.799. The summed E-state index contributed by atoms with van der Waals surface area (Å²) >= 11 is 0. The molecule has 1 aliphatic heterocycles. The SMILES string of the molecule is CCOC(=O)[C@@H](C#N)[C@]1(c2ccc(F)cc2)CCOC(C)(C)C1. The molecule has 0 radical (unpaired) electrons. The van der Waals surface area contributed by atoms with Crippen LogP contribution in [0.3, 0.4) is 0 Å². The van der Waals surface area contributed by atoms with E-state index in [0.717, 1.165) is 5.56 Å². The number of hydrogen-bond donors (Lipinski definition) is 0. The van der Waals surface area contributed by atoms with E-state index in [1.807, 2.05) is 13.8 Å². The molecule has 0 N–H and O–H groups in total. The maximum absolute atomic E-state index is 13.3. The van der Waals surface area contributed by atoms with Crippen molar-refractivity contribution in [1.29, 1.82) is 5.26 Å². The van der Waals surface area contributed by atoms with Gasteiger partial charge in [0.25, 0.3) is 0 Å². The number of halogens is 1. The predicted octanol–water partition coefficient (Wildman–Crippen LogP) is 3.36. The van der Waals surface area contributed by atoms with E-state index in [1.165, 1.54) is 12.1 Å². The topological polar surface area (TPSA) is 59.3 Å². The fraction of sp³-hybridized carbons (Fsp3) is 0.556. The second-order valence-electron chi connectivity index (χ2n) is 6.51. The van der Waals surface area contributed by atoms with E-state index in [4.69, 9.17) is 9.47 Å². The average Bonchev–Trinajstić information content (AvgIpc) is 2.47. The van der Waals surface area contributed by atoms with Gasteiger partial charge in [0.15, 0.2) is 5.92 Å². The third-order valence-corrected chi connectivity index (χ3v) is 4.41. The van der Waals surface area contributed by atoms with Gasteiger partial charge in [0.05, 0.1) is 18.3 Å². The Hall–Kier alpha value is -1.93. The summed E-state index contributed by atoms with van der Waals surface area (Å²) < 4.78 is 24.2. The Morgan fingerprint density at radius 1 is 1.43 bits per heavy atom. The molecule has 0 amide bonds. The maximum Gasteiger partial charge on any atom is 0.324 e. The molecule has 0 aliphatic carbocycles. The first-order valence-corrected chi connectivity index (χ1v) is 7.81. The first-order valence-electron chi connectivity index (χ1n) is 7.81. The Labute approximate surface area is 136 Å². The van der Waals surface area contributed by atoms with Crippen molar-refractivity contribution in [3.05, 3.63) is 35.6 Å². The number of rotatable bonds is 4. The highest BCUT2D eigenvalue weighted by molar-refractivity contribution is 5.77. The standard InChI is InChI=1S/C18H22FNO3/c1-4-22-16(21)15(11-20)18(9-10-23-17(2,3)12-18)13-5-7-14(19)8-6-13/h5-8,15H,4,9-10,12H2,1-3H3/t15-,18-/m1/s1. The van der Waals surface area contributed by atoms with Gasteiger partial charge in [-0.1, -0.05) is 12.1 Å². The zero-order valence-electron chi connectivity index (χ0n) is 13.8. The van der Waals surface area contributed by atoms with E-state index in [2.05, 4.69) is 6.07 Å². The van der Waals surface area contributed by atoms with Crippen LogP contribution in [0.25, 0.3) is 0 Å². The molecule has 1 saturated heterocycles. The smallest absolute Gasteiger partial charge is 0.324 e. The number of ether oxygens (including phenoxy) is 2. The molecule has 4 nitrogen and oxygen atoms in total. The van der Waals surface area contributed by atoms with Gasteiger partial charge >= 0.3 is 5.97 Å². The van der Waals surface area contributed by atoms with Crippen LogP contribution in [0.15, 0.2) is 24.3 Å². The van der Waals surface area contributed by atoms with Crippen LogP contribution in [0, 0.1) is 23.1 Å². The lowest BCUT2D eigenvalue weighted by Gasteiger charge is -2.46. The highest BCUT2D eigenvalue weighted by Gasteiger charge is 2.51. The number of benzene rings is 1. The van der Waals surface area contributed by atoms with Crippen LogP contribution in [0.5, 0.6) is 0 Å². The van der Waals surface area contributed by atoms with Gasteiger partial charge in [-0.2, -0.15) is 5.26 Å². The molecule has 124 valence electrons. The summed E-state index contributed by atoms with van der Waals surface area (Å²) in [7, 11) is 0. The zero-order valence-corrected chi connectivity index (χ0v) is 13.8. The van der Waals surface area contributed by atoms with Crippen molar-refractivity contribution in [2.75, 3.05) is 13.2 Å². The van der Waals surface area contributed by atoms with Gasteiger partial charge in [-0.3, -0.25) is 4.79 Å². The lowest BCUT2D eigenvalue weighted by Crippen LogP contribution is -2.50. The fourth-order valence-electron chi connectivity index (χ4n) is 3.48. The summed E-state index contributed by atoms with van der Waals surface area (Å²) in [6, 6.07) is 8.15. The van der Waals surface area contributed by atoms with E-state index >= 15 is 0 Å². The van der Waals surface area contributed by atoms with Crippen molar-refractivity contribution in [1.82, 2.24) is 0 Å². The molecule has 2 atom stereocenters. The first kappa shape index (κ1) is 17.4. The third kappa shape index (κ3) is 3.53. The summed E-state index contributed by atoms with van der Waals surface area (Å²) in [5, 5.41) is 9.66. The molecular formula is C18H22FNO3. The van der Waals surface area contributed by atoms with Crippen LogP contribution in [0.1, 0.15) is 39.2 Å². The maximum atomic E-state index is 13.3. The van der Waals surface area contributed by atoms with Gasteiger partial charge in [-0.25, -0.2) is 4.39 Å². The van der Waals surface area contributed by atoms with Crippen molar-refractivity contribution in [2.45, 2.75) is 44.6 Å². The van der Waals surface area contributed by atoms with Gasteiger partial charge in [-0.15, -0.1) is 0 Å². The van der Waals surface area contributed by atoms with Crippen molar-refractivity contribution < 1.29 is 18.7 Å². The highest BCUT2D eigenvalue weighted by Crippen LogP contribution is 2.47. The zero-order chi connectivity index (χ0) is 17.1. The van der Waals surface area contributed by atoms with E-state index in [0.29, 0.717) is 19.4 Å². The van der Waals surface area contributed by atoms with Gasteiger partial charge in [0, 0.05) is 12.0 Å². The van der Waals surface area contributed by atoms with E-state index in [1.54, 1.807) is 19.1 Å². The van der Waals surface area contributed by atoms with Crippen LogP contribution in [-0.2, 0) is 19.7 Å². The van der Waals surface area contributed by atoms with Crippen molar-refractivity contribution in [3.8, 4) is 6.07 Å². The average molecular weight is 319 g/mol. The van der Waals surface area contributed by atoms with Gasteiger partial charge < -0.3 is 9.47 Å². The summed E-state index contributed by atoms with van der Waals surface area (Å²) in [4.78, 5) is 12.4. The van der Waals surface area contributed by atoms with Gasteiger partial charge in [0.1, 0.15) is 5.82 Å². The van der Waals surface area contributed by atoms with E-state index < -0.39 is 22.9 Å². The monoisotopic (exact) mass is 319 g/mol. The third-order valence-electron chi connectivity index (χ3n) is 4.41. The molecule has 1 fully saturated rings. The minimum atomic E-state index is -0.948. The molecular weight excluding hydrogens is 297 g/mol. The van der Waals surface area contributed by atoms with Crippen molar-refractivity contribution >= 4 is 5.97 Å². The fourth-order valence-corrected chi connectivity index (χ4v) is 3.48. The minimum Gasteiger partial charge on any atom is -0.465 e. The normalized spacial score (nSPS) is 24.5. The molecule has 0 saturated carbocycles. The lowest BCUT2D eigenvalue weighted by atomic mass is 9.62. The molecule has 0 aromatic heterocycles. The van der Waals surface area contributed by atoms with Crippen LogP contribution in [0.4, 0.5) is 4.39 Å². The Morgan fingerprint density at radius 3 is 2.61 bits per heavy atom. The van der Waals surface area contributed by atoms with E-state index in [-0.39, 0.29) is 12.4 Å². The van der Waals surface area contributed by atoms with Crippen molar-refractivity contribution in [2.24, 2.45) is 5.92 Å². The number of carbonyl (C=O) groups is 1. The summed E-state index contributed by atoms with van der Waals surface area (Å²) in [6.07, 6.45) is 1.00. The lowest BCUT2D eigenvalue weighted by molar-refractivity contribution is -0.153. The molecule has 2 rings (SSSR count). The number of carbonyl (C=O) groups excluding carboxylic acids is 1. The molecule has 5 heteroatoms. The van der Waals surface area contributed by atoms with Crippen LogP contribution in [0.2, 0.25) is 0 Å². The number of esters is 1. The number of nitrogens with zero attached hydrogens (tertiary/aromatic N) is 1. The molecule has 1 aromatic carbocycles. The van der Waals surface area contributed by atoms with Crippen LogP contribution in [-0.4, -0.2) is 24.8 Å². The predicted molar refractivity (Wildman–Crippen MR) is 83.1 cm³/mol. The summed E-state index contributed by atoms with van der Waals surface area (Å²) in [5.74, 6) is -1.83. The summed E-state index contributed by atoms with van der Waals surface area (Å²) in [5.41, 5.74) is -0.445. The highest BCUT2D eigenvalue weighted by atomic mass is 19.1. The van der Waals surface area contributed by atoms with Gasteiger partial charge in [-0.05, 0) is 51.3 Å². The second kappa shape index (κ2) is 6.67. The van der Waals surface area contributed by atoms with Gasteiger partial charge in [0.2, 0.25) is 0 Å². The van der Waals surface area contributed by atoms with E-state index in [9.17, 15) is 14.4 Å². The Balaban J connectivity index is 2.52. The molecule has 1 aromatic rings. The first-order chi connectivity index (χ1) is 10.8. The van der Waals surface area contributed by atoms with Crippen LogP contribution >= 0.6 is 0 Å². The Morgan fingerprint density at radius 2 is 2.09 bits per heavy atom. The van der Waals surface area contributed by atoms with Crippen LogP contribution < -0.4 is 0 Å². The molecule has 23 heavy (non-hydrogen) atoms. The largest absolute Gasteiger partial charge is 0.465 e. The number of hydrogen-bond acceptors (Lipinski definition) is 4. The summed E-state index contributed by atoms with van der Waals surface area (Å²) in [6.45, 7) is 6.23. The molecule has 0 spiro atoms. The molecule has 1 heterocycles. The Bertz CT molecular complexity index is 606. The number of nitriles is 1. The van der Waals surface area contributed by atoms with Crippen molar-refractivity contribution in [3.63, 3.8) is 0 Å². The Kier molecular flexibility index (Phi) is 5.06. The molecule has 0 bridgehead atoms.